The van der Waals surface area contributed by atoms with Crippen molar-refractivity contribution in [1.82, 2.24) is 5.32 Å². The first-order valence-corrected chi connectivity index (χ1v) is 6.47. The highest BCUT2D eigenvalue weighted by Gasteiger charge is 2.29. The second kappa shape index (κ2) is 4.67. The fourth-order valence-corrected chi connectivity index (χ4v) is 3.49. The highest BCUT2D eigenvalue weighted by atomic mass is 32.2. The average Bonchev–Trinajstić information content (AvgIpc) is 2.71. The lowest BCUT2D eigenvalue weighted by atomic mass is 9.99. The van der Waals surface area contributed by atoms with E-state index < -0.39 is 0 Å². The van der Waals surface area contributed by atoms with Crippen LogP contribution in [0.2, 0.25) is 0 Å². The first-order valence-electron chi connectivity index (χ1n) is 5.31. The van der Waals surface area contributed by atoms with Crippen molar-refractivity contribution in [2.45, 2.75) is 31.8 Å². The molecule has 0 aromatic heterocycles. The van der Waals surface area contributed by atoms with Crippen LogP contribution in [0, 0.1) is 5.92 Å². The molecule has 0 amide bonds. The van der Waals surface area contributed by atoms with Crippen LogP contribution in [0.15, 0.2) is 0 Å². The van der Waals surface area contributed by atoms with Crippen molar-refractivity contribution >= 4 is 11.8 Å². The standard InChI is InChI=1S/C10H19NOS/c1-2-9-6-13-7-10(11-9)8-3-4-12-5-8/h8-11H,2-7H2,1H3. The van der Waals surface area contributed by atoms with Crippen molar-refractivity contribution in [2.24, 2.45) is 5.92 Å². The van der Waals surface area contributed by atoms with Crippen LogP contribution < -0.4 is 5.32 Å². The van der Waals surface area contributed by atoms with E-state index in [1.807, 2.05) is 0 Å². The van der Waals surface area contributed by atoms with E-state index in [0.717, 1.165) is 25.2 Å². The molecule has 2 fully saturated rings. The van der Waals surface area contributed by atoms with Crippen molar-refractivity contribution in [3.05, 3.63) is 0 Å². The van der Waals surface area contributed by atoms with Gasteiger partial charge in [0.15, 0.2) is 0 Å². The molecule has 0 saturated carbocycles. The van der Waals surface area contributed by atoms with Gasteiger partial charge in [0.1, 0.15) is 0 Å². The third kappa shape index (κ3) is 2.39. The maximum Gasteiger partial charge on any atom is 0.0510 e. The molecule has 0 aromatic carbocycles. The molecule has 2 nitrogen and oxygen atoms in total. The molecule has 2 saturated heterocycles. The van der Waals surface area contributed by atoms with Crippen molar-refractivity contribution < 1.29 is 4.74 Å². The van der Waals surface area contributed by atoms with Crippen molar-refractivity contribution in [3.8, 4) is 0 Å². The van der Waals surface area contributed by atoms with Crippen LogP contribution in [-0.4, -0.2) is 36.8 Å². The Morgan fingerprint density at radius 2 is 2.38 bits per heavy atom. The lowest BCUT2D eigenvalue weighted by molar-refractivity contribution is 0.177. The summed E-state index contributed by atoms with van der Waals surface area (Å²) in [7, 11) is 0. The van der Waals surface area contributed by atoms with E-state index in [9.17, 15) is 0 Å². The van der Waals surface area contributed by atoms with Gasteiger partial charge >= 0.3 is 0 Å². The van der Waals surface area contributed by atoms with Crippen molar-refractivity contribution in [3.63, 3.8) is 0 Å². The fraction of sp³-hybridized carbons (Fsp3) is 1.00. The molecule has 2 aliphatic heterocycles. The summed E-state index contributed by atoms with van der Waals surface area (Å²) in [6.45, 7) is 4.23. The van der Waals surface area contributed by atoms with Crippen LogP contribution in [0.1, 0.15) is 19.8 Å². The minimum atomic E-state index is 0.714. The summed E-state index contributed by atoms with van der Waals surface area (Å²) in [5.41, 5.74) is 0. The zero-order chi connectivity index (χ0) is 9.10. The monoisotopic (exact) mass is 201 g/mol. The summed E-state index contributed by atoms with van der Waals surface area (Å²) < 4.78 is 5.43. The van der Waals surface area contributed by atoms with E-state index >= 15 is 0 Å². The molecule has 2 rings (SSSR count). The Hall–Kier alpha value is 0.270. The van der Waals surface area contributed by atoms with Gasteiger partial charge in [-0.1, -0.05) is 6.92 Å². The van der Waals surface area contributed by atoms with Gasteiger partial charge in [-0.2, -0.15) is 11.8 Å². The number of hydrogen-bond acceptors (Lipinski definition) is 3. The van der Waals surface area contributed by atoms with Crippen molar-refractivity contribution in [2.75, 3.05) is 24.7 Å². The minimum Gasteiger partial charge on any atom is -0.381 e. The van der Waals surface area contributed by atoms with Gasteiger partial charge in [-0.3, -0.25) is 0 Å². The number of thioether (sulfide) groups is 1. The van der Waals surface area contributed by atoms with E-state index in [1.54, 1.807) is 0 Å². The smallest absolute Gasteiger partial charge is 0.0510 e. The van der Waals surface area contributed by atoms with Gasteiger partial charge in [0.25, 0.3) is 0 Å². The predicted octanol–water partition coefficient (Wildman–Crippen LogP) is 1.51. The van der Waals surface area contributed by atoms with E-state index in [1.165, 1.54) is 24.3 Å². The normalized spacial score (nSPS) is 40.8. The van der Waals surface area contributed by atoms with Gasteiger partial charge in [-0.25, -0.2) is 0 Å². The average molecular weight is 201 g/mol. The predicted molar refractivity (Wildman–Crippen MR) is 57.3 cm³/mol. The topological polar surface area (TPSA) is 21.3 Å². The van der Waals surface area contributed by atoms with Gasteiger partial charge in [-0.15, -0.1) is 0 Å². The highest BCUT2D eigenvalue weighted by molar-refractivity contribution is 7.99. The van der Waals surface area contributed by atoms with Crippen LogP contribution in [-0.2, 0) is 4.74 Å². The van der Waals surface area contributed by atoms with E-state index in [2.05, 4.69) is 24.0 Å². The maximum atomic E-state index is 5.43. The summed E-state index contributed by atoms with van der Waals surface area (Å²) in [6, 6.07) is 1.45. The Balaban J connectivity index is 1.84. The van der Waals surface area contributed by atoms with Gasteiger partial charge in [-0.05, 0) is 12.8 Å². The molecule has 0 spiro atoms. The Morgan fingerprint density at radius 1 is 1.46 bits per heavy atom. The van der Waals surface area contributed by atoms with Crippen molar-refractivity contribution in [1.29, 1.82) is 0 Å². The number of ether oxygens (including phenoxy) is 1. The summed E-state index contributed by atoms with van der Waals surface area (Å²) >= 11 is 2.10. The molecular formula is C10H19NOS. The molecule has 0 aliphatic carbocycles. The summed E-state index contributed by atoms with van der Waals surface area (Å²) in [6.07, 6.45) is 2.52. The summed E-state index contributed by atoms with van der Waals surface area (Å²) in [4.78, 5) is 0. The summed E-state index contributed by atoms with van der Waals surface area (Å²) in [5.74, 6) is 3.35. The second-order valence-electron chi connectivity index (χ2n) is 4.04. The van der Waals surface area contributed by atoms with Gasteiger partial charge in [0, 0.05) is 36.1 Å². The van der Waals surface area contributed by atoms with Crippen LogP contribution in [0.5, 0.6) is 0 Å². The van der Waals surface area contributed by atoms with Gasteiger partial charge in [0.2, 0.25) is 0 Å². The molecule has 0 radical (unpaired) electrons. The largest absolute Gasteiger partial charge is 0.381 e. The third-order valence-corrected chi connectivity index (χ3v) is 4.33. The molecule has 3 atom stereocenters. The van der Waals surface area contributed by atoms with Crippen LogP contribution in [0.25, 0.3) is 0 Å². The minimum absolute atomic E-state index is 0.714. The van der Waals surface area contributed by atoms with Crippen LogP contribution in [0.4, 0.5) is 0 Å². The SMILES string of the molecule is CCC1CSCC(C2CCOC2)N1. The molecule has 76 valence electrons. The number of rotatable bonds is 2. The van der Waals surface area contributed by atoms with Crippen LogP contribution in [0.3, 0.4) is 0 Å². The van der Waals surface area contributed by atoms with Gasteiger partial charge in [0.05, 0.1) is 6.61 Å². The quantitative estimate of drug-likeness (QED) is 0.731. The number of nitrogens with one attached hydrogen (secondary N) is 1. The van der Waals surface area contributed by atoms with Crippen LogP contribution >= 0.6 is 11.8 Å². The summed E-state index contributed by atoms with van der Waals surface area (Å²) in [5, 5.41) is 3.74. The molecule has 3 unspecified atom stereocenters. The zero-order valence-corrected chi connectivity index (χ0v) is 9.11. The molecular weight excluding hydrogens is 182 g/mol. The molecule has 13 heavy (non-hydrogen) atoms. The lowest BCUT2D eigenvalue weighted by Crippen LogP contribution is -2.49. The first-order chi connectivity index (χ1) is 6.40. The Kier molecular flexibility index (Phi) is 3.52. The highest BCUT2D eigenvalue weighted by Crippen LogP contribution is 2.24. The van der Waals surface area contributed by atoms with Gasteiger partial charge < -0.3 is 10.1 Å². The lowest BCUT2D eigenvalue weighted by Gasteiger charge is -2.33. The van der Waals surface area contributed by atoms with E-state index in [0.29, 0.717) is 6.04 Å². The zero-order valence-electron chi connectivity index (χ0n) is 8.29. The maximum absolute atomic E-state index is 5.43. The Morgan fingerprint density at radius 3 is 3.08 bits per heavy atom. The fourth-order valence-electron chi connectivity index (χ4n) is 2.11. The number of hydrogen-bond donors (Lipinski definition) is 1. The molecule has 2 heterocycles. The molecule has 0 bridgehead atoms. The molecule has 0 aromatic rings. The van der Waals surface area contributed by atoms with E-state index in [-0.39, 0.29) is 0 Å². The Bertz CT molecular complexity index is 159. The third-order valence-electron chi connectivity index (χ3n) is 3.09. The first kappa shape index (κ1) is 9.81. The van der Waals surface area contributed by atoms with E-state index in [4.69, 9.17) is 4.74 Å². The molecule has 3 heteroatoms. The Labute approximate surface area is 84.8 Å². The molecule has 2 aliphatic rings. The molecule has 1 N–H and O–H groups in total. The second-order valence-corrected chi connectivity index (χ2v) is 5.11.